The molecule has 1 atom stereocenters. The summed E-state index contributed by atoms with van der Waals surface area (Å²) in [7, 11) is 0. The van der Waals surface area contributed by atoms with Crippen molar-refractivity contribution in [1.82, 2.24) is 9.55 Å². The molecule has 1 aliphatic rings. The van der Waals surface area contributed by atoms with Gasteiger partial charge in [-0.2, -0.15) is 0 Å². The van der Waals surface area contributed by atoms with Gasteiger partial charge in [0.1, 0.15) is 0 Å². The number of nitrogens with zero attached hydrogens (tertiary/aromatic N) is 2. The smallest absolute Gasteiger partial charge is 0.0951 e. The fourth-order valence-corrected chi connectivity index (χ4v) is 1.83. The Hall–Kier alpha value is -0.830. The van der Waals surface area contributed by atoms with Gasteiger partial charge in [-0.25, -0.2) is 4.98 Å². The van der Waals surface area contributed by atoms with Crippen LogP contribution in [0.25, 0.3) is 0 Å². The van der Waals surface area contributed by atoms with Crippen LogP contribution in [0.1, 0.15) is 24.7 Å². The second-order valence-electron chi connectivity index (χ2n) is 3.44. The quantitative estimate of drug-likeness (QED) is 0.666. The summed E-state index contributed by atoms with van der Waals surface area (Å²) >= 11 is 0. The first-order valence-corrected chi connectivity index (χ1v) is 4.59. The standard InChI is InChI=1S/C9H15N3/c1-2-8-9-5-7(10)3-4-12(9)6-11-8/h6-7H,2-5,10H2,1H3. The minimum atomic E-state index is 0.347. The lowest BCUT2D eigenvalue weighted by molar-refractivity contribution is 0.469. The molecule has 3 nitrogen and oxygen atoms in total. The van der Waals surface area contributed by atoms with Gasteiger partial charge in [-0.05, 0) is 12.8 Å². The van der Waals surface area contributed by atoms with Crippen LogP contribution in [0.15, 0.2) is 6.33 Å². The lowest BCUT2D eigenvalue weighted by Crippen LogP contribution is -2.30. The summed E-state index contributed by atoms with van der Waals surface area (Å²) in [6.07, 6.45) is 5.06. The normalized spacial score (nSPS) is 22.3. The minimum Gasteiger partial charge on any atom is -0.334 e. The molecule has 0 aliphatic carbocycles. The van der Waals surface area contributed by atoms with Crippen LogP contribution in [0, 0.1) is 0 Å². The Morgan fingerprint density at radius 3 is 3.33 bits per heavy atom. The highest BCUT2D eigenvalue weighted by atomic mass is 15.1. The van der Waals surface area contributed by atoms with Crippen molar-refractivity contribution in [3.05, 3.63) is 17.7 Å². The zero-order valence-electron chi connectivity index (χ0n) is 7.45. The molecule has 1 aliphatic heterocycles. The van der Waals surface area contributed by atoms with E-state index in [9.17, 15) is 0 Å². The zero-order valence-corrected chi connectivity index (χ0v) is 7.45. The van der Waals surface area contributed by atoms with E-state index in [2.05, 4.69) is 16.5 Å². The second kappa shape index (κ2) is 2.90. The third kappa shape index (κ3) is 1.14. The number of nitrogens with two attached hydrogens (primary N) is 1. The van der Waals surface area contributed by atoms with E-state index < -0.39 is 0 Å². The summed E-state index contributed by atoms with van der Waals surface area (Å²) in [5.74, 6) is 0. The van der Waals surface area contributed by atoms with Crippen molar-refractivity contribution in [1.29, 1.82) is 0 Å². The monoisotopic (exact) mass is 165 g/mol. The fourth-order valence-electron chi connectivity index (χ4n) is 1.83. The molecule has 2 N–H and O–H groups in total. The van der Waals surface area contributed by atoms with Crippen LogP contribution in [0.5, 0.6) is 0 Å². The van der Waals surface area contributed by atoms with E-state index in [0.717, 1.165) is 25.8 Å². The Balaban J connectivity index is 2.34. The van der Waals surface area contributed by atoms with Gasteiger partial charge in [-0.1, -0.05) is 6.92 Å². The average molecular weight is 165 g/mol. The van der Waals surface area contributed by atoms with E-state index >= 15 is 0 Å². The number of aryl methyl sites for hydroxylation is 2. The molecule has 0 saturated heterocycles. The largest absolute Gasteiger partial charge is 0.334 e. The number of imidazole rings is 1. The van der Waals surface area contributed by atoms with Crippen molar-refractivity contribution >= 4 is 0 Å². The van der Waals surface area contributed by atoms with Crippen LogP contribution in [0.3, 0.4) is 0 Å². The van der Waals surface area contributed by atoms with Gasteiger partial charge in [0, 0.05) is 24.7 Å². The SMILES string of the molecule is CCc1ncn2c1CC(N)CC2. The summed E-state index contributed by atoms with van der Waals surface area (Å²) in [4.78, 5) is 4.36. The molecule has 0 fully saturated rings. The van der Waals surface area contributed by atoms with Gasteiger partial charge in [0.2, 0.25) is 0 Å². The lowest BCUT2D eigenvalue weighted by atomic mass is 10.0. The summed E-state index contributed by atoms with van der Waals surface area (Å²) in [5, 5.41) is 0. The van der Waals surface area contributed by atoms with Gasteiger partial charge >= 0.3 is 0 Å². The first-order chi connectivity index (χ1) is 5.81. The molecule has 0 amide bonds. The molecule has 0 saturated carbocycles. The maximum Gasteiger partial charge on any atom is 0.0951 e. The van der Waals surface area contributed by atoms with E-state index in [1.165, 1.54) is 11.4 Å². The summed E-state index contributed by atoms with van der Waals surface area (Å²) < 4.78 is 2.24. The van der Waals surface area contributed by atoms with Crippen molar-refractivity contribution in [2.75, 3.05) is 0 Å². The third-order valence-electron chi connectivity index (χ3n) is 2.56. The van der Waals surface area contributed by atoms with Crippen molar-refractivity contribution in [2.45, 2.75) is 38.8 Å². The zero-order chi connectivity index (χ0) is 8.55. The molecule has 0 aromatic carbocycles. The molecule has 1 aromatic heterocycles. The van der Waals surface area contributed by atoms with Gasteiger partial charge in [0.15, 0.2) is 0 Å². The summed E-state index contributed by atoms with van der Waals surface area (Å²) in [6.45, 7) is 3.19. The number of fused-ring (bicyclic) bond motifs is 1. The Morgan fingerprint density at radius 2 is 2.58 bits per heavy atom. The molecular formula is C9H15N3. The molecule has 3 heteroatoms. The van der Waals surface area contributed by atoms with E-state index in [1.807, 2.05) is 6.33 Å². The van der Waals surface area contributed by atoms with Crippen molar-refractivity contribution in [3.8, 4) is 0 Å². The maximum atomic E-state index is 5.89. The van der Waals surface area contributed by atoms with Crippen LogP contribution in [0.4, 0.5) is 0 Å². The Bertz CT molecular complexity index is 264. The van der Waals surface area contributed by atoms with Gasteiger partial charge in [0.25, 0.3) is 0 Å². The highest BCUT2D eigenvalue weighted by Crippen LogP contribution is 2.17. The van der Waals surface area contributed by atoms with Crippen molar-refractivity contribution < 1.29 is 0 Å². The fraction of sp³-hybridized carbons (Fsp3) is 0.667. The van der Waals surface area contributed by atoms with E-state index in [-0.39, 0.29) is 0 Å². The predicted molar refractivity (Wildman–Crippen MR) is 47.9 cm³/mol. The average Bonchev–Trinajstić information content (AvgIpc) is 2.46. The molecule has 1 aromatic rings. The number of hydrogen-bond donors (Lipinski definition) is 1. The molecule has 2 rings (SSSR count). The van der Waals surface area contributed by atoms with Gasteiger partial charge in [0.05, 0.1) is 12.0 Å². The van der Waals surface area contributed by atoms with Gasteiger partial charge < -0.3 is 10.3 Å². The van der Waals surface area contributed by atoms with Gasteiger partial charge in [-0.3, -0.25) is 0 Å². The Morgan fingerprint density at radius 1 is 1.75 bits per heavy atom. The molecule has 0 radical (unpaired) electrons. The number of aromatic nitrogens is 2. The highest BCUT2D eigenvalue weighted by molar-refractivity contribution is 5.16. The van der Waals surface area contributed by atoms with Crippen molar-refractivity contribution in [2.24, 2.45) is 5.73 Å². The number of hydrogen-bond acceptors (Lipinski definition) is 2. The maximum absolute atomic E-state index is 5.89. The summed E-state index contributed by atoms with van der Waals surface area (Å²) in [6, 6.07) is 0.347. The highest BCUT2D eigenvalue weighted by Gasteiger charge is 2.18. The van der Waals surface area contributed by atoms with Crippen molar-refractivity contribution in [3.63, 3.8) is 0 Å². The van der Waals surface area contributed by atoms with E-state index in [4.69, 9.17) is 5.73 Å². The number of rotatable bonds is 1. The van der Waals surface area contributed by atoms with Crippen LogP contribution >= 0.6 is 0 Å². The third-order valence-corrected chi connectivity index (χ3v) is 2.56. The molecule has 0 spiro atoms. The Labute approximate surface area is 72.6 Å². The minimum absolute atomic E-state index is 0.347. The molecule has 1 unspecified atom stereocenters. The molecule has 0 bridgehead atoms. The van der Waals surface area contributed by atoms with Crippen LogP contribution in [-0.4, -0.2) is 15.6 Å². The first kappa shape index (κ1) is 7.80. The molecular weight excluding hydrogens is 150 g/mol. The first-order valence-electron chi connectivity index (χ1n) is 4.59. The summed E-state index contributed by atoms with van der Waals surface area (Å²) in [5.41, 5.74) is 8.48. The predicted octanol–water partition coefficient (Wildman–Crippen LogP) is 0.719. The van der Waals surface area contributed by atoms with E-state index in [0.29, 0.717) is 6.04 Å². The Kier molecular flexibility index (Phi) is 1.89. The van der Waals surface area contributed by atoms with Crippen LogP contribution in [-0.2, 0) is 19.4 Å². The van der Waals surface area contributed by atoms with Crippen LogP contribution < -0.4 is 5.73 Å². The van der Waals surface area contributed by atoms with Crippen LogP contribution in [0.2, 0.25) is 0 Å². The topological polar surface area (TPSA) is 43.8 Å². The second-order valence-corrected chi connectivity index (χ2v) is 3.44. The molecule has 66 valence electrons. The van der Waals surface area contributed by atoms with E-state index in [1.54, 1.807) is 0 Å². The lowest BCUT2D eigenvalue weighted by Gasteiger charge is -2.20. The van der Waals surface area contributed by atoms with Gasteiger partial charge in [-0.15, -0.1) is 0 Å². The molecule has 12 heavy (non-hydrogen) atoms. The molecule has 2 heterocycles.